The first-order valence-electron chi connectivity index (χ1n) is 6.34. The van der Waals surface area contributed by atoms with E-state index in [1.165, 1.54) is 12.1 Å². The van der Waals surface area contributed by atoms with E-state index >= 15 is 0 Å². The highest BCUT2D eigenvalue weighted by Gasteiger charge is 2.17. The van der Waals surface area contributed by atoms with Crippen LogP contribution in [0.3, 0.4) is 0 Å². The van der Waals surface area contributed by atoms with Gasteiger partial charge in [-0.2, -0.15) is 0 Å². The highest BCUT2D eigenvalue weighted by Crippen LogP contribution is 2.23. The molecule has 21 heavy (non-hydrogen) atoms. The number of hydrogen-bond donors (Lipinski definition) is 2. The molecule has 2 N–H and O–H groups in total. The normalized spacial score (nSPS) is 11.4. The summed E-state index contributed by atoms with van der Waals surface area (Å²) in [4.78, 5) is 37.0. The van der Waals surface area contributed by atoms with Crippen LogP contribution in [0.1, 0.15) is 26.3 Å². The third-order valence-electron chi connectivity index (χ3n) is 2.72. The van der Waals surface area contributed by atoms with E-state index in [0.29, 0.717) is 11.1 Å². The zero-order chi connectivity index (χ0) is 15.8. The maximum atomic E-state index is 11.8. The van der Waals surface area contributed by atoms with Crippen LogP contribution in [0.15, 0.2) is 26.1 Å². The van der Waals surface area contributed by atoms with Gasteiger partial charge in [0.05, 0.1) is 10.9 Å². The molecule has 0 fully saturated rings. The van der Waals surface area contributed by atoms with Crippen molar-refractivity contribution >= 4 is 17.0 Å². The molecule has 1 aromatic carbocycles. The van der Waals surface area contributed by atoms with Crippen molar-refractivity contribution in [1.29, 1.82) is 0 Å². The lowest BCUT2D eigenvalue weighted by atomic mass is 10.1. The Labute approximate surface area is 119 Å². The summed E-state index contributed by atoms with van der Waals surface area (Å²) in [6, 6.07) is 3.00. The number of ether oxygens (including phenoxy) is 1. The van der Waals surface area contributed by atoms with Gasteiger partial charge in [0.15, 0.2) is 0 Å². The van der Waals surface area contributed by atoms with Crippen LogP contribution in [0.25, 0.3) is 10.9 Å². The van der Waals surface area contributed by atoms with Gasteiger partial charge >= 0.3 is 17.5 Å². The van der Waals surface area contributed by atoms with Crippen LogP contribution < -0.4 is 21.4 Å². The number of nitrogens with one attached hydrogen (secondary N) is 2. The molecule has 2 rings (SSSR count). The number of aromatic amines is 1. The Morgan fingerprint density at radius 1 is 1.29 bits per heavy atom. The number of carbonyl (C=O) groups is 1. The predicted molar refractivity (Wildman–Crippen MR) is 76.8 cm³/mol. The summed E-state index contributed by atoms with van der Waals surface area (Å²) >= 11 is 0. The summed E-state index contributed by atoms with van der Waals surface area (Å²) in [7, 11) is 0. The van der Waals surface area contributed by atoms with Crippen molar-refractivity contribution in [3.05, 3.63) is 38.7 Å². The van der Waals surface area contributed by atoms with Crippen LogP contribution in [0.2, 0.25) is 0 Å². The standard InChI is InChI=1S/C14H16N2O5/c1-7-9(20-13(19)16-14(2,3)4)6-5-8-10(7)11(17)21-12(18)15-8/h5-6H,1-4H3,(H,15,18)(H,16,19). The molecule has 112 valence electrons. The first kappa shape index (κ1) is 14.8. The fraction of sp³-hybridized carbons (Fsp3) is 0.357. The Balaban J connectivity index is 2.43. The molecule has 0 radical (unpaired) electrons. The predicted octanol–water partition coefficient (Wildman–Crippen LogP) is 1.68. The molecule has 0 bridgehead atoms. The molecule has 0 unspecified atom stereocenters. The lowest BCUT2D eigenvalue weighted by Gasteiger charge is -2.20. The molecule has 1 heterocycles. The van der Waals surface area contributed by atoms with Gasteiger partial charge in [-0.15, -0.1) is 0 Å². The number of H-pyrrole nitrogens is 1. The maximum Gasteiger partial charge on any atom is 0.419 e. The minimum atomic E-state index is -0.828. The van der Waals surface area contributed by atoms with Gasteiger partial charge < -0.3 is 14.5 Å². The molecular weight excluding hydrogens is 276 g/mol. The average molecular weight is 292 g/mol. The van der Waals surface area contributed by atoms with Crippen LogP contribution in [-0.2, 0) is 0 Å². The number of fused-ring (bicyclic) bond motifs is 1. The molecule has 0 aliphatic heterocycles. The monoisotopic (exact) mass is 292 g/mol. The van der Waals surface area contributed by atoms with E-state index < -0.39 is 23.0 Å². The first-order valence-corrected chi connectivity index (χ1v) is 6.34. The van der Waals surface area contributed by atoms with Crippen molar-refractivity contribution in [1.82, 2.24) is 10.3 Å². The van der Waals surface area contributed by atoms with Gasteiger partial charge in [-0.1, -0.05) is 0 Å². The number of amides is 1. The Morgan fingerprint density at radius 3 is 2.57 bits per heavy atom. The molecule has 0 atom stereocenters. The van der Waals surface area contributed by atoms with Crippen molar-refractivity contribution < 1.29 is 13.9 Å². The number of hydrogen-bond acceptors (Lipinski definition) is 5. The fourth-order valence-corrected chi connectivity index (χ4v) is 1.87. The number of benzene rings is 1. The van der Waals surface area contributed by atoms with Crippen molar-refractivity contribution in [2.45, 2.75) is 33.2 Å². The van der Waals surface area contributed by atoms with Crippen LogP contribution in [0, 0.1) is 6.92 Å². The molecule has 7 heteroatoms. The van der Waals surface area contributed by atoms with Gasteiger partial charge in [0.25, 0.3) is 0 Å². The lowest BCUT2D eigenvalue weighted by molar-refractivity contribution is 0.190. The highest BCUT2D eigenvalue weighted by molar-refractivity contribution is 5.84. The Hall–Kier alpha value is -2.57. The first-order chi connectivity index (χ1) is 9.67. The van der Waals surface area contributed by atoms with Gasteiger partial charge in [-0.25, -0.2) is 14.4 Å². The lowest BCUT2D eigenvalue weighted by Crippen LogP contribution is -2.42. The second-order valence-corrected chi connectivity index (χ2v) is 5.68. The van der Waals surface area contributed by atoms with E-state index in [-0.39, 0.29) is 11.1 Å². The summed E-state index contributed by atoms with van der Waals surface area (Å²) in [5.41, 5.74) is -0.460. The Bertz CT molecular complexity index is 811. The van der Waals surface area contributed by atoms with E-state index in [1.54, 1.807) is 6.92 Å². The number of aryl methyl sites for hydroxylation is 1. The minimum absolute atomic E-state index is 0.177. The topological polar surface area (TPSA) is 101 Å². The van der Waals surface area contributed by atoms with Crippen LogP contribution in [0.4, 0.5) is 4.79 Å². The largest absolute Gasteiger partial charge is 0.419 e. The number of carbonyl (C=O) groups excluding carboxylic acids is 1. The summed E-state index contributed by atoms with van der Waals surface area (Å²) in [6.45, 7) is 7.07. The van der Waals surface area contributed by atoms with Crippen LogP contribution in [-0.4, -0.2) is 16.6 Å². The van der Waals surface area contributed by atoms with E-state index in [0.717, 1.165) is 0 Å². The molecule has 2 aromatic rings. The van der Waals surface area contributed by atoms with Gasteiger partial charge in [-0.05, 0) is 39.8 Å². The van der Waals surface area contributed by atoms with Crippen molar-refractivity contribution in [2.75, 3.05) is 0 Å². The van der Waals surface area contributed by atoms with Crippen molar-refractivity contribution in [2.24, 2.45) is 0 Å². The smallest absolute Gasteiger partial charge is 0.410 e. The molecule has 0 aliphatic rings. The van der Waals surface area contributed by atoms with Crippen LogP contribution in [0.5, 0.6) is 5.75 Å². The molecule has 0 saturated heterocycles. The second-order valence-electron chi connectivity index (χ2n) is 5.68. The van der Waals surface area contributed by atoms with Gasteiger partial charge in [-0.3, -0.25) is 4.98 Å². The Morgan fingerprint density at radius 2 is 1.95 bits per heavy atom. The van der Waals surface area contributed by atoms with Crippen LogP contribution >= 0.6 is 0 Å². The molecule has 0 spiro atoms. The van der Waals surface area contributed by atoms with Crippen molar-refractivity contribution in [3.63, 3.8) is 0 Å². The maximum absolute atomic E-state index is 11.8. The highest BCUT2D eigenvalue weighted by atomic mass is 16.6. The Kier molecular flexibility index (Phi) is 3.59. The summed E-state index contributed by atoms with van der Waals surface area (Å²) in [6.07, 6.45) is -0.626. The second kappa shape index (κ2) is 5.08. The molecule has 1 amide bonds. The zero-order valence-electron chi connectivity index (χ0n) is 12.2. The third kappa shape index (κ3) is 3.31. The van der Waals surface area contributed by atoms with Gasteiger partial charge in [0, 0.05) is 11.1 Å². The minimum Gasteiger partial charge on any atom is -0.410 e. The number of aromatic nitrogens is 1. The van der Waals surface area contributed by atoms with E-state index in [9.17, 15) is 14.4 Å². The van der Waals surface area contributed by atoms with Gasteiger partial charge in [0.2, 0.25) is 0 Å². The summed E-state index contributed by atoms with van der Waals surface area (Å²) < 4.78 is 9.68. The molecule has 0 saturated carbocycles. The summed E-state index contributed by atoms with van der Waals surface area (Å²) in [5, 5.41) is 2.82. The van der Waals surface area contributed by atoms with Crippen molar-refractivity contribution in [3.8, 4) is 5.75 Å². The fourth-order valence-electron chi connectivity index (χ4n) is 1.87. The van der Waals surface area contributed by atoms with E-state index in [2.05, 4.69) is 14.7 Å². The third-order valence-corrected chi connectivity index (χ3v) is 2.72. The van der Waals surface area contributed by atoms with Gasteiger partial charge in [0.1, 0.15) is 5.75 Å². The average Bonchev–Trinajstić information content (AvgIpc) is 2.29. The zero-order valence-corrected chi connectivity index (χ0v) is 12.2. The molecular formula is C14H16N2O5. The van der Waals surface area contributed by atoms with E-state index in [4.69, 9.17) is 4.74 Å². The number of rotatable bonds is 1. The molecule has 7 nitrogen and oxygen atoms in total. The molecule has 1 aromatic heterocycles. The molecule has 0 aliphatic carbocycles. The summed E-state index contributed by atoms with van der Waals surface area (Å²) in [5.74, 6) is -0.602. The quantitative estimate of drug-likeness (QED) is 0.832. The SMILES string of the molecule is Cc1c(OC(=O)NC(C)(C)C)ccc2[nH]c(=O)oc(=O)c12. The van der Waals surface area contributed by atoms with E-state index in [1.807, 2.05) is 20.8 Å².